The topological polar surface area (TPSA) is 49.7 Å². The Morgan fingerprint density at radius 3 is 2.75 bits per heavy atom. The van der Waals surface area contributed by atoms with Crippen molar-refractivity contribution in [3.63, 3.8) is 0 Å². The molecule has 2 fully saturated rings. The van der Waals surface area contributed by atoms with E-state index in [0.717, 1.165) is 6.42 Å². The minimum atomic E-state index is -3.35. The van der Waals surface area contributed by atoms with Crippen LogP contribution in [0.25, 0.3) is 0 Å². The normalized spacial score (nSPS) is 29.3. The molecule has 20 heavy (non-hydrogen) atoms. The summed E-state index contributed by atoms with van der Waals surface area (Å²) in [6.07, 6.45) is 0.925. The lowest BCUT2D eigenvalue weighted by atomic mass is 10.2. The third-order valence-electron chi connectivity index (χ3n) is 4.38. The van der Waals surface area contributed by atoms with E-state index in [2.05, 4.69) is 22.4 Å². The van der Waals surface area contributed by atoms with Crippen molar-refractivity contribution in [2.45, 2.75) is 11.3 Å². The molecule has 0 amide bonds. The number of nitrogens with zero attached hydrogens (tertiary/aromatic N) is 2. The average Bonchev–Trinajstić information content (AvgIpc) is 3.18. The summed E-state index contributed by atoms with van der Waals surface area (Å²) in [5, 5.41) is 2.39. The van der Waals surface area contributed by atoms with Crippen LogP contribution in [-0.4, -0.2) is 37.5 Å². The summed E-state index contributed by atoms with van der Waals surface area (Å²) in [5.74, 6) is 1.54. The van der Waals surface area contributed by atoms with Gasteiger partial charge in [-0.3, -0.25) is 0 Å². The zero-order valence-electron chi connectivity index (χ0n) is 11.0. The van der Waals surface area contributed by atoms with Crippen LogP contribution in [0.1, 0.15) is 6.42 Å². The van der Waals surface area contributed by atoms with Gasteiger partial charge >= 0.3 is 0 Å². The second-order valence-corrected chi connectivity index (χ2v) is 7.51. The van der Waals surface area contributed by atoms with Crippen LogP contribution in [0.15, 0.2) is 40.2 Å². The number of sulfonamides is 1. The standard InChI is InChI=1S/C14H16N2O2S2/c17-20(18,11-4-2-1-3-5-11)16-7-6-12-13(8-15-10-19)14(12)9-16/h1-5,12-14H,6-9H2. The largest absolute Gasteiger partial charge is 0.243 e. The third-order valence-corrected chi connectivity index (χ3v) is 6.39. The number of benzene rings is 1. The Labute approximate surface area is 124 Å². The molecule has 1 saturated heterocycles. The van der Waals surface area contributed by atoms with Crippen LogP contribution in [0, 0.1) is 17.8 Å². The van der Waals surface area contributed by atoms with Gasteiger partial charge in [-0.25, -0.2) is 13.4 Å². The Morgan fingerprint density at radius 2 is 2.05 bits per heavy atom. The number of fused-ring (bicyclic) bond motifs is 1. The SMILES string of the molecule is O=S(=O)(c1ccccc1)N1CCC2C(CN=C=S)C2C1. The van der Waals surface area contributed by atoms with Crippen LogP contribution in [0.3, 0.4) is 0 Å². The molecular formula is C14H16N2O2S2. The molecule has 106 valence electrons. The average molecular weight is 308 g/mol. The minimum Gasteiger partial charge on any atom is -0.232 e. The molecule has 1 aromatic carbocycles. The van der Waals surface area contributed by atoms with Crippen molar-refractivity contribution in [3.8, 4) is 0 Å². The molecular weight excluding hydrogens is 292 g/mol. The molecule has 4 nitrogen and oxygen atoms in total. The van der Waals surface area contributed by atoms with Gasteiger partial charge in [-0.15, -0.1) is 0 Å². The van der Waals surface area contributed by atoms with Gasteiger partial charge < -0.3 is 0 Å². The van der Waals surface area contributed by atoms with Gasteiger partial charge in [0, 0.05) is 13.1 Å². The lowest BCUT2D eigenvalue weighted by molar-refractivity contribution is 0.334. The predicted molar refractivity (Wildman–Crippen MR) is 80.2 cm³/mol. The van der Waals surface area contributed by atoms with Crippen molar-refractivity contribution < 1.29 is 8.42 Å². The summed E-state index contributed by atoms with van der Waals surface area (Å²) in [7, 11) is -3.35. The second kappa shape index (κ2) is 5.37. The smallest absolute Gasteiger partial charge is 0.232 e. The fraction of sp³-hybridized carbons (Fsp3) is 0.500. The fourth-order valence-electron chi connectivity index (χ4n) is 3.22. The summed E-state index contributed by atoms with van der Waals surface area (Å²) in [4.78, 5) is 4.38. The highest BCUT2D eigenvalue weighted by Crippen LogP contribution is 2.52. The number of piperidine rings is 1. The van der Waals surface area contributed by atoms with E-state index in [0.29, 0.717) is 42.3 Å². The number of hydrogen-bond acceptors (Lipinski definition) is 4. The second-order valence-electron chi connectivity index (χ2n) is 5.39. The number of isothiocyanates is 1. The monoisotopic (exact) mass is 308 g/mol. The number of hydrogen-bond donors (Lipinski definition) is 0. The zero-order valence-corrected chi connectivity index (χ0v) is 12.6. The van der Waals surface area contributed by atoms with Crippen molar-refractivity contribution in [1.29, 1.82) is 0 Å². The Balaban J connectivity index is 1.73. The van der Waals surface area contributed by atoms with E-state index in [4.69, 9.17) is 0 Å². The highest BCUT2D eigenvalue weighted by atomic mass is 32.2. The van der Waals surface area contributed by atoms with Crippen LogP contribution in [0.5, 0.6) is 0 Å². The van der Waals surface area contributed by atoms with Crippen LogP contribution in [0.2, 0.25) is 0 Å². The Bertz CT molecular complexity index is 638. The van der Waals surface area contributed by atoms with Gasteiger partial charge in [-0.1, -0.05) is 18.2 Å². The maximum atomic E-state index is 12.5. The first-order valence-electron chi connectivity index (χ1n) is 6.73. The van der Waals surface area contributed by atoms with E-state index in [1.165, 1.54) is 0 Å². The Kier molecular flexibility index (Phi) is 3.73. The minimum absolute atomic E-state index is 0.382. The molecule has 6 heteroatoms. The molecule has 1 heterocycles. The van der Waals surface area contributed by atoms with E-state index in [-0.39, 0.29) is 0 Å². The van der Waals surface area contributed by atoms with Gasteiger partial charge in [0.2, 0.25) is 10.0 Å². The fourth-order valence-corrected chi connectivity index (χ4v) is 4.80. The van der Waals surface area contributed by atoms with Gasteiger partial charge in [-0.2, -0.15) is 4.31 Å². The number of aliphatic imine (C=N–C) groups is 1. The summed E-state index contributed by atoms with van der Waals surface area (Å²) in [6, 6.07) is 8.65. The first-order valence-corrected chi connectivity index (χ1v) is 8.58. The van der Waals surface area contributed by atoms with Crippen molar-refractivity contribution in [1.82, 2.24) is 4.31 Å². The van der Waals surface area contributed by atoms with E-state index in [9.17, 15) is 8.42 Å². The molecule has 0 aromatic heterocycles. The molecule has 1 saturated carbocycles. The molecule has 3 atom stereocenters. The van der Waals surface area contributed by atoms with Gasteiger partial charge in [-0.05, 0) is 48.5 Å². The first kappa shape index (κ1) is 13.9. The van der Waals surface area contributed by atoms with Crippen LogP contribution in [-0.2, 0) is 10.0 Å². The van der Waals surface area contributed by atoms with Crippen molar-refractivity contribution in [2.75, 3.05) is 19.6 Å². The van der Waals surface area contributed by atoms with Crippen LogP contribution in [0.4, 0.5) is 0 Å². The van der Waals surface area contributed by atoms with E-state index in [1.54, 1.807) is 28.6 Å². The summed E-state index contributed by atoms with van der Waals surface area (Å²) in [5.41, 5.74) is 0. The molecule has 1 aliphatic carbocycles. The maximum absolute atomic E-state index is 12.5. The quantitative estimate of drug-likeness (QED) is 0.632. The van der Waals surface area contributed by atoms with E-state index in [1.807, 2.05) is 6.07 Å². The zero-order chi connectivity index (χ0) is 14.2. The van der Waals surface area contributed by atoms with Gasteiger partial charge in [0.1, 0.15) is 0 Å². The molecule has 0 bridgehead atoms. The number of rotatable bonds is 4. The lowest BCUT2D eigenvalue weighted by Gasteiger charge is -2.25. The lowest BCUT2D eigenvalue weighted by Crippen LogP contribution is -2.36. The van der Waals surface area contributed by atoms with Gasteiger partial charge in [0.25, 0.3) is 0 Å². The molecule has 1 aromatic rings. The molecule has 3 rings (SSSR count). The van der Waals surface area contributed by atoms with E-state index >= 15 is 0 Å². The third kappa shape index (κ3) is 2.44. The van der Waals surface area contributed by atoms with Gasteiger partial charge in [0.15, 0.2) is 0 Å². The van der Waals surface area contributed by atoms with Crippen molar-refractivity contribution in [2.24, 2.45) is 22.7 Å². The predicted octanol–water partition coefficient (Wildman–Crippen LogP) is 2.05. The van der Waals surface area contributed by atoms with Crippen LogP contribution < -0.4 is 0 Å². The van der Waals surface area contributed by atoms with E-state index < -0.39 is 10.0 Å². The summed E-state index contributed by atoms with van der Waals surface area (Å²) < 4.78 is 26.7. The Morgan fingerprint density at radius 1 is 1.30 bits per heavy atom. The Hall–Kier alpha value is -1.07. The van der Waals surface area contributed by atoms with Gasteiger partial charge in [0.05, 0.1) is 16.6 Å². The van der Waals surface area contributed by atoms with Crippen LogP contribution >= 0.6 is 12.2 Å². The van der Waals surface area contributed by atoms with Crippen molar-refractivity contribution >= 4 is 27.4 Å². The summed E-state index contributed by atoms with van der Waals surface area (Å²) >= 11 is 4.59. The molecule has 0 radical (unpaired) electrons. The molecule has 0 spiro atoms. The number of thiocarbonyl (C=S) groups is 1. The molecule has 1 aliphatic heterocycles. The summed E-state index contributed by atoms with van der Waals surface area (Å²) in [6.45, 7) is 1.91. The maximum Gasteiger partial charge on any atom is 0.243 e. The molecule has 2 aliphatic rings. The highest BCUT2D eigenvalue weighted by molar-refractivity contribution is 7.89. The van der Waals surface area contributed by atoms with Crippen molar-refractivity contribution in [3.05, 3.63) is 30.3 Å². The molecule has 3 unspecified atom stereocenters. The first-order chi connectivity index (χ1) is 9.64. The highest BCUT2D eigenvalue weighted by Gasteiger charge is 2.53. The molecule has 0 N–H and O–H groups in total.